The molecule has 1 rings (SSSR count). The van der Waals surface area contributed by atoms with Crippen LogP contribution >= 0.6 is 0 Å². The molecular formula is C10H18FNO2. The number of carbonyl (C=O) groups excluding carboxylic acids is 1. The van der Waals surface area contributed by atoms with Gasteiger partial charge in [-0.1, -0.05) is 0 Å². The molecular weight excluding hydrogens is 185 g/mol. The third kappa shape index (κ3) is 3.16. The Hall–Kier alpha value is -0.800. The predicted molar refractivity (Wildman–Crippen MR) is 51.9 cm³/mol. The summed E-state index contributed by atoms with van der Waals surface area (Å²) in [5.74, 6) is 0. The first-order chi connectivity index (χ1) is 6.41. The van der Waals surface area contributed by atoms with Crippen molar-refractivity contribution in [3.8, 4) is 0 Å². The largest absolute Gasteiger partial charge is 0.447 e. The van der Waals surface area contributed by atoms with E-state index < -0.39 is 11.8 Å². The van der Waals surface area contributed by atoms with Crippen molar-refractivity contribution in [2.75, 3.05) is 13.1 Å². The number of likely N-dealkylation sites (tertiary alicyclic amines) is 1. The number of amides is 1. The summed E-state index contributed by atoms with van der Waals surface area (Å²) < 4.78 is 18.6. The third-order valence-corrected chi connectivity index (χ3v) is 2.24. The van der Waals surface area contributed by atoms with Crippen LogP contribution in [-0.4, -0.2) is 35.9 Å². The molecule has 1 atom stereocenters. The molecule has 0 bridgehead atoms. The molecule has 1 amide bonds. The predicted octanol–water partition coefficient (Wildman–Crippen LogP) is 2.36. The number of hydrogen-bond acceptors (Lipinski definition) is 2. The van der Waals surface area contributed by atoms with Crippen LogP contribution in [0.5, 0.6) is 0 Å². The van der Waals surface area contributed by atoms with Crippen LogP contribution in [0.15, 0.2) is 0 Å². The van der Waals surface area contributed by atoms with Gasteiger partial charge in [0.2, 0.25) is 0 Å². The van der Waals surface area contributed by atoms with Crippen LogP contribution in [0.4, 0.5) is 9.18 Å². The van der Waals surface area contributed by atoms with Gasteiger partial charge in [-0.05, 0) is 33.6 Å². The number of halogens is 1. The van der Waals surface area contributed by atoms with Crippen molar-refractivity contribution in [2.45, 2.75) is 45.4 Å². The summed E-state index contributed by atoms with van der Waals surface area (Å²) in [5, 5.41) is 0. The Balaban J connectivity index is 2.48. The number of rotatable bonds is 1. The summed E-state index contributed by atoms with van der Waals surface area (Å²) in [7, 11) is 0. The number of hydrogen-bond donors (Lipinski definition) is 0. The smallest absolute Gasteiger partial charge is 0.410 e. The van der Waals surface area contributed by atoms with E-state index in [1.807, 2.05) is 0 Å². The molecule has 1 fully saturated rings. The molecule has 14 heavy (non-hydrogen) atoms. The molecule has 1 saturated heterocycles. The summed E-state index contributed by atoms with van der Waals surface area (Å²) in [5.41, 5.74) is -1.26. The maximum Gasteiger partial charge on any atom is 0.410 e. The Labute approximate surface area is 84.2 Å². The van der Waals surface area contributed by atoms with Gasteiger partial charge in [-0.15, -0.1) is 0 Å². The maximum atomic E-state index is 13.6. The van der Waals surface area contributed by atoms with Crippen LogP contribution in [0.2, 0.25) is 0 Å². The van der Waals surface area contributed by atoms with Crippen molar-refractivity contribution < 1.29 is 13.9 Å². The van der Waals surface area contributed by atoms with E-state index in [0.717, 1.165) is 0 Å². The van der Waals surface area contributed by atoms with E-state index in [9.17, 15) is 9.18 Å². The van der Waals surface area contributed by atoms with E-state index in [1.165, 1.54) is 11.8 Å². The highest BCUT2D eigenvalue weighted by Gasteiger charge is 2.33. The van der Waals surface area contributed by atoms with Crippen molar-refractivity contribution in [3.63, 3.8) is 0 Å². The highest BCUT2D eigenvalue weighted by Crippen LogP contribution is 2.24. The van der Waals surface area contributed by atoms with E-state index >= 15 is 0 Å². The standard InChI is InChI=1S/C10H18FNO2/c1-8(2)14-9(13)12-6-4-5-10(3,11)7-12/h8H,4-7H2,1-3H3. The number of alkyl halides is 1. The SMILES string of the molecule is CC(C)OC(=O)N1CCCC(C)(F)C1. The molecule has 1 heterocycles. The fourth-order valence-corrected chi connectivity index (χ4v) is 1.63. The lowest BCUT2D eigenvalue weighted by Gasteiger charge is -2.34. The molecule has 0 radical (unpaired) electrons. The zero-order valence-corrected chi connectivity index (χ0v) is 9.05. The van der Waals surface area contributed by atoms with Crippen LogP contribution in [0, 0.1) is 0 Å². The Morgan fingerprint density at radius 2 is 2.21 bits per heavy atom. The maximum absolute atomic E-state index is 13.6. The molecule has 0 N–H and O–H groups in total. The topological polar surface area (TPSA) is 29.5 Å². The van der Waals surface area contributed by atoms with Crippen LogP contribution in [-0.2, 0) is 4.74 Å². The lowest BCUT2D eigenvalue weighted by Crippen LogP contribution is -2.47. The molecule has 0 aromatic heterocycles. The second kappa shape index (κ2) is 4.15. The van der Waals surface area contributed by atoms with Crippen LogP contribution in [0.25, 0.3) is 0 Å². The Morgan fingerprint density at radius 3 is 2.71 bits per heavy atom. The fraction of sp³-hybridized carbons (Fsp3) is 0.900. The Bertz CT molecular complexity index is 216. The molecule has 0 aliphatic carbocycles. The molecule has 1 unspecified atom stereocenters. The van der Waals surface area contributed by atoms with E-state index in [4.69, 9.17) is 4.74 Å². The number of carbonyl (C=O) groups is 1. The molecule has 3 nitrogen and oxygen atoms in total. The molecule has 0 spiro atoms. The number of ether oxygens (including phenoxy) is 1. The quantitative estimate of drug-likeness (QED) is 0.654. The van der Waals surface area contributed by atoms with Crippen LogP contribution in [0.3, 0.4) is 0 Å². The van der Waals surface area contributed by atoms with E-state index in [1.54, 1.807) is 13.8 Å². The van der Waals surface area contributed by atoms with E-state index in [-0.39, 0.29) is 12.6 Å². The Morgan fingerprint density at radius 1 is 1.57 bits per heavy atom. The summed E-state index contributed by atoms with van der Waals surface area (Å²) >= 11 is 0. The first-order valence-electron chi connectivity index (χ1n) is 5.05. The van der Waals surface area contributed by atoms with Crippen molar-refractivity contribution in [1.82, 2.24) is 4.90 Å². The summed E-state index contributed by atoms with van der Waals surface area (Å²) in [6, 6.07) is 0. The first-order valence-corrected chi connectivity index (χ1v) is 5.05. The van der Waals surface area contributed by atoms with Gasteiger partial charge in [0.15, 0.2) is 0 Å². The van der Waals surface area contributed by atoms with Gasteiger partial charge in [0.05, 0.1) is 12.6 Å². The minimum absolute atomic E-state index is 0.143. The average molecular weight is 203 g/mol. The lowest BCUT2D eigenvalue weighted by molar-refractivity contribution is 0.0296. The van der Waals surface area contributed by atoms with Gasteiger partial charge in [-0.25, -0.2) is 9.18 Å². The normalized spacial score (nSPS) is 27.9. The number of nitrogens with zero attached hydrogens (tertiary/aromatic N) is 1. The zero-order chi connectivity index (χ0) is 10.8. The summed E-state index contributed by atoms with van der Waals surface area (Å²) in [6.07, 6.45) is 0.692. The van der Waals surface area contributed by atoms with Gasteiger partial charge >= 0.3 is 6.09 Å². The van der Waals surface area contributed by atoms with Gasteiger partial charge in [0, 0.05) is 6.54 Å². The van der Waals surface area contributed by atoms with Gasteiger partial charge < -0.3 is 9.64 Å². The van der Waals surface area contributed by atoms with Gasteiger partial charge in [-0.3, -0.25) is 0 Å². The van der Waals surface area contributed by atoms with Gasteiger partial charge in [-0.2, -0.15) is 0 Å². The molecule has 0 aromatic rings. The van der Waals surface area contributed by atoms with Gasteiger partial charge in [0.25, 0.3) is 0 Å². The second-order valence-electron chi connectivity index (χ2n) is 4.37. The molecule has 1 aliphatic heterocycles. The highest BCUT2D eigenvalue weighted by molar-refractivity contribution is 5.68. The molecule has 82 valence electrons. The second-order valence-corrected chi connectivity index (χ2v) is 4.37. The summed E-state index contributed by atoms with van der Waals surface area (Å²) in [6.45, 7) is 5.86. The minimum Gasteiger partial charge on any atom is -0.447 e. The minimum atomic E-state index is -1.26. The molecule has 1 aliphatic rings. The molecule has 0 aromatic carbocycles. The van der Waals surface area contributed by atoms with E-state index in [2.05, 4.69) is 0 Å². The third-order valence-electron chi connectivity index (χ3n) is 2.24. The lowest BCUT2D eigenvalue weighted by atomic mass is 9.97. The van der Waals surface area contributed by atoms with Crippen molar-refractivity contribution in [3.05, 3.63) is 0 Å². The highest BCUT2D eigenvalue weighted by atomic mass is 19.1. The molecule has 4 heteroatoms. The van der Waals surface area contributed by atoms with Crippen molar-refractivity contribution >= 4 is 6.09 Å². The number of piperidine rings is 1. The van der Waals surface area contributed by atoms with E-state index in [0.29, 0.717) is 19.4 Å². The monoisotopic (exact) mass is 203 g/mol. The summed E-state index contributed by atoms with van der Waals surface area (Å²) in [4.78, 5) is 12.9. The first kappa shape index (κ1) is 11.3. The van der Waals surface area contributed by atoms with Gasteiger partial charge in [0.1, 0.15) is 5.67 Å². The van der Waals surface area contributed by atoms with Crippen molar-refractivity contribution in [1.29, 1.82) is 0 Å². The Kier molecular flexibility index (Phi) is 3.34. The fourth-order valence-electron chi connectivity index (χ4n) is 1.63. The van der Waals surface area contributed by atoms with Crippen molar-refractivity contribution in [2.24, 2.45) is 0 Å². The average Bonchev–Trinajstić information content (AvgIpc) is 2.01. The van der Waals surface area contributed by atoms with Crippen LogP contribution in [0.1, 0.15) is 33.6 Å². The molecule has 0 saturated carbocycles. The van der Waals surface area contributed by atoms with Crippen LogP contribution < -0.4 is 0 Å². The zero-order valence-electron chi connectivity index (χ0n) is 9.05.